The van der Waals surface area contributed by atoms with E-state index in [1.54, 1.807) is 115 Å². The highest BCUT2D eigenvalue weighted by Crippen LogP contribution is 2.40. The fourth-order valence-corrected chi connectivity index (χ4v) is 17.8. The Labute approximate surface area is 722 Å². The Morgan fingerprint density at radius 1 is 0.476 bits per heavy atom. The molecule has 30 nitrogen and oxygen atoms in total. The van der Waals surface area contributed by atoms with Crippen LogP contribution in [0.4, 0.5) is 34.9 Å². The maximum absolute atomic E-state index is 13.3. The van der Waals surface area contributed by atoms with Gasteiger partial charge in [0.1, 0.15) is 27.4 Å². The zero-order valence-corrected chi connectivity index (χ0v) is 72.4. The molecule has 9 aromatic heterocycles. The van der Waals surface area contributed by atoms with Crippen molar-refractivity contribution in [1.29, 1.82) is 0 Å². The van der Waals surface area contributed by atoms with Gasteiger partial charge < -0.3 is 55.8 Å². The zero-order chi connectivity index (χ0) is 87.1. The largest absolute Gasteiger partial charge is 0.395 e. The van der Waals surface area contributed by atoms with Gasteiger partial charge in [0, 0.05) is 86.5 Å². The molecule has 3 aliphatic carbocycles. The lowest BCUT2D eigenvalue weighted by molar-refractivity contribution is -0.186. The summed E-state index contributed by atoms with van der Waals surface area (Å²) in [7, 11) is 8.65. The van der Waals surface area contributed by atoms with Gasteiger partial charge in [0.15, 0.2) is 40.0 Å². The summed E-state index contributed by atoms with van der Waals surface area (Å²) >= 11 is 0. The van der Waals surface area contributed by atoms with Crippen LogP contribution in [0.2, 0.25) is 0 Å². The predicted octanol–water partition coefficient (Wildman–Crippen LogP) is 12.2. The van der Waals surface area contributed by atoms with Gasteiger partial charge in [-0.2, -0.15) is 15.0 Å². The van der Waals surface area contributed by atoms with E-state index in [4.69, 9.17) is 19.7 Å². The first-order valence-electron chi connectivity index (χ1n) is 43.2. The van der Waals surface area contributed by atoms with Crippen molar-refractivity contribution in [3.8, 4) is 17.5 Å². The number of likely N-dealkylation sites (N-methyl/N-ethyl adjacent to an activating group) is 2. The van der Waals surface area contributed by atoms with Gasteiger partial charge in [-0.1, -0.05) is 72.8 Å². The van der Waals surface area contributed by atoms with Crippen LogP contribution in [0.3, 0.4) is 0 Å². The zero-order valence-electron chi connectivity index (χ0n) is 72.4. The van der Waals surface area contributed by atoms with Gasteiger partial charge in [-0.25, -0.2) is 58.0 Å². The lowest BCUT2D eigenvalue weighted by Crippen LogP contribution is -2.49. The van der Waals surface area contributed by atoms with Crippen molar-refractivity contribution < 1.29 is 25.2 Å². The monoisotopic (exact) mass is 1680 g/mol. The van der Waals surface area contributed by atoms with Crippen molar-refractivity contribution in [1.82, 2.24) is 92.5 Å². The van der Waals surface area contributed by atoms with Gasteiger partial charge in [-0.05, 0) is 240 Å². The quantitative estimate of drug-likeness (QED) is 0.0248. The molecular formula is C94H116N22O8. The van der Waals surface area contributed by atoms with E-state index in [-0.39, 0.29) is 56.1 Å². The number of aromatic nitrogens is 15. The minimum Gasteiger partial charge on any atom is -0.395 e. The summed E-state index contributed by atoms with van der Waals surface area (Å²) in [5.74, 6) is 4.23. The number of ether oxygens (including phenoxy) is 1. The molecule has 0 amide bonds. The Kier molecular flexibility index (Phi) is 26.7. The molecule has 3 aromatic carbocycles. The molecule has 11 heterocycles. The molecule has 2 saturated heterocycles. The minimum absolute atomic E-state index is 0.182. The number of benzene rings is 3. The molecule has 30 heteroatoms. The van der Waals surface area contributed by atoms with Crippen LogP contribution < -0.4 is 32.6 Å². The molecule has 0 atom stereocenters. The van der Waals surface area contributed by atoms with Crippen LogP contribution in [0.15, 0.2) is 198 Å². The molecule has 124 heavy (non-hydrogen) atoms. The molecular weight excluding hydrogens is 1570 g/mol. The average molecular weight is 1680 g/mol. The van der Waals surface area contributed by atoms with Crippen LogP contribution in [0.25, 0.3) is 50.6 Å². The van der Waals surface area contributed by atoms with E-state index < -0.39 is 16.8 Å². The van der Waals surface area contributed by atoms with E-state index in [1.165, 1.54) is 121 Å². The van der Waals surface area contributed by atoms with Crippen molar-refractivity contribution in [2.24, 2.45) is 0 Å². The highest BCUT2D eigenvalue weighted by Gasteiger charge is 2.40. The first kappa shape index (κ1) is 87.3. The second-order valence-electron chi connectivity index (χ2n) is 34.8. The number of hydrogen-bond acceptors (Lipinski definition) is 24. The summed E-state index contributed by atoms with van der Waals surface area (Å²) in [6.45, 7) is 24.9. The van der Waals surface area contributed by atoms with Crippen molar-refractivity contribution in [2.45, 2.75) is 177 Å². The highest BCUT2D eigenvalue weighted by atomic mass is 16.5. The number of nitrogens with one attached hydrogen (secondary N) is 3. The van der Waals surface area contributed by atoms with Gasteiger partial charge in [0.05, 0.1) is 56.5 Å². The summed E-state index contributed by atoms with van der Waals surface area (Å²) in [6, 6.07) is 43.4. The van der Waals surface area contributed by atoms with E-state index >= 15 is 0 Å². The topological polar surface area (TPSA) is 336 Å². The van der Waals surface area contributed by atoms with Crippen LogP contribution in [0, 0.1) is 0 Å². The van der Waals surface area contributed by atoms with Crippen LogP contribution in [0.1, 0.15) is 156 Å². The van der Waals surface area contributed by atoms with Gasteiger partial charge in [-0.15, -0.1) is 19.7 Å². The number of hydrogen-bond donors (Lipinski definition) is 7. The standard InChI is InChI=1S/C33H42N8O2.C31H39N7O3.C30H35N7O3/c1-5-17-40-31(42)27-22-34-32(37-30(27)41(40)29-8-6-7-28(36-29)33(2,3)43)35-25-13-9-23(10-14-25)24-11-15-26(16-12-24)39-20-18-38(4)19-21-39;1-5-17-37-29(40)25-20-32-30(35-28(25)38(37)27-8-6-7-26(34-27)31(2,3)41)33-23-13-9-21(10-14-23)22-11-15-24(16-12-22)36(4)18-19-39;1-4-16-36-28(38)24-17-31-29(32-22-12-8-20(9-13-22)21-10-14-23(15-11-21)35(2)3)34-27(24)37(36)26-7-5-6-25(33-26)30(39)18-40-19-30/h5-10,13-14,22,24,26,43H,1,11-12,15-21H2,2-4H3,(H,34,35,37);5-10,13-14,20,22,24,39,41H,1,11-12,15-19H2,2-4H3,(H,32,33,35);4-9,12-13,17,21,23,39H,1,10-11,14-16,18-19H2,2-3H3,(H,31,32,34). The molecule has 3 saturated carbocycles. The van der Waals surface area contributed by atoms with E-state index in [9.17, 15) is 34.8 Å². The van der Waals surface area contributed by atoms with Crippen LogP contribution in [0.5, 0.6) is 0 Å². The second-order valence-corrected chi connectivity index (χ2v) is 34.8. The lowest BCUT2D eigenvalue weighted by atomic mass is 9.81. The fraction of sp³-hybridized carbons (Fsp3) is 0.426. The smallest absolute Gasteiger partial charge is 0.278 e. The number of rotatable bonds is 26. The molecule has 17 rings (SSSR count). The second kappa shape index (κ2) is 37.9. The molecule has 5 aliphatic rings. The van der Waals surface area contributed by atoms with Gasteiger partial charge in [-0.3, -0.25) is 19.3 Å². The maximum atomic E-state index is 13.3. The fourth-order valence-electron chi connectivity index (χ4n) is 17.8. The predicted molar refractivity (Wildman–Crippen MR) is 485 cm³/mol. The van der Waals surface area contributed by atoms with Crippen LogP contribution in [-0.2, 0) is 41.2 Å². The number of pyridine rings is 3. The normalized spacial score (nSPS) is 19.5. The molecule has 2 aliphatic heterocycles. The summed E-state index contributed by atoms with van der Waals surface area (Å²) in [5.41, 5.74) is 5.24. The molecule has 0 unspecified atom stereocenters. The summed E-state index contributed by atoms with van der Waals surface area (Å²) in [6.07, 6.45) is 24.0. The number of anilines is 6. The number of piperazine rings is 1. The van der Waals surface area contributed by atoms with E-state index in [0.29, 0.717) is 115 Å². The Morgan fingerprint density at radius 3 is 1.17 bits per heavy atom. The molecule has 650 valence electrons. The Bertz CT molecular complexity index is 5920. The highest BCUT2D eigenvalue weighted by molar-refractivity contribution is 5.79. The molecule has 0 radical (unpaired) electrons. The molecule has 0 bridgehead atoms. The summed E-state index contributed by atoms with van der Waals surface area (Å²) in [4.78, 5) is 91.0. The van der Waals surface area contributed by atoms with Crippen molar-refractivity contribution >= 4 is 68.0 Å². The van der Waals surface area contributed by atoms with Gasteiger partial charge in [0.2, 0.25) is 17.8 Å². The number of nitrogens with zero attached hydrogens (tertiary/aromatic N) is 19. The minimum atomic E-state index is -1.15. The third-order valence-electron chi connectivity index (χ3n) is 25.1. The van der Waals surface area contributed by atoms with Crippen molar-refractivity contribution in [3.05, 3.63) is 249 Å². The van der Waals surface area contributed by atoms with E-state index in [2.05, 4.69) is 174 Å². The first-order valence-corrected chi connectivity index (χ1v) is 43.2. The maximum Gasteiger partial charge on any atom is 0.278 e. The number of aliphatic hydroxyl groups excluding tert-OH is 1. The SMILES string of the molecule is C=CCn1c(=O)c2cnc(Nc3ccc(C4CCC(N(C)C)CC4)cc3)nc2n1-c1cccc(C2(O)COC2)n1.C=CCn1c(=O)c2cnc(Nc3ccc(C4CCC(N(C)CCO)CC4)cc3)nc2n1-c1cccc(C(C)(C)O)n1.C=CCn1c(=O)c2cnc(Nc3ccc(C4CCC(N5CCN(C)CC5)CC4)cc3)nc2n1-c1cccc(C(C)(C)O)n1. The third-order valence-corrected chi connectivity index (χ3v) is 25.1. The summed E-state index contributed by atoms with van der Waals surface area (Å²) < 4.78 is 14.7. The lowest BCUT2D eigenvalue weighted by Gasteiger charge is -2.41. The molecule has 12 aromatic rings. The molecule has 7 N–H and O–H groups in total. The van der Waals surface area contributed by atoms with Gasteiger partial charge >= 0.3 is 0 Å². The first-order chi connectivity index (χ1) is 59.8. The van der Waals surface area contributed by atoms with Crippen molar-refractivity contribution in [2.75, 3.05) is 96.7 Å². The Hall–Kier alpha value is -11.6. The van der Waals surface area contributed by atoms with Crippen LogP contribution in [-0.4, -0.2) is 212 Å². The number of allylic oxidation sites excluding steroid dienone is 3. The molecule has 0 spiro atoms. The number of fused-ring (bicyclic) bond motifs is 3. The van der Waals surface area contributed by atoms with E-state index in [1.807, 2.05) is 18.2 Å². The third kappa shape index (κ3) is 19.3. The molecule has 5 fully saturated rings. The summed E-state index contributed by atoms with van der Waals surface area (Å²) in [5, 5.41) is 52.1. The van der Waals surface area contributed by atoms with Gasteiger partial charge in [0.25, 0.3) is 16.7 Å². The Balaban J connectivity index is 0.000000144. The van der Waals surface area contributed by atoms with Crippen LogP contribution >= 0.6 is 0 Å². The van der Waals surface area contributed by atoms with Crippen molar-refractivity contribution in [3.63, 3.8) is 0 Å². The number of aliphatic hydroxyl groups is 4. The average Bonchev–Trinajstić information content (AvgIpc) is 1.60. The van der Waals surface area contributed by atoms with E-state index in [0.717, 1.165) is 55.3 Å². The Morgan fingerprint density at radius 2 is 0.831 bits per heavy atom.